The highest BCUT2D eigenvalue weighted by molar-refractivity contribution is 5.14. The Hall–Kier alpha value is -0.860. The van der Waals surface area contributed by atoms with Gasteiger partial charge in [-0.3, -0.25) is 0 Å². The Morgan fingerprint density at radius 2 is 1.44 bits per heavy atom. The average molecular weight is 344 g/mol. The van der Waals surface area contributed by atoms with Gasteiger partial charge in [-0.15, -0.1) is 0 Å². The number of methoxy groups -OCH3 is 1. The Balaban J connectivity index is 1.73. The number of rotatable bonds is 8. The second-order valence-corrected chi connectivity index (χ2v) is 8.43. The molecule has 0 unspecified atom stereocenters. The van der Waals surface area contributed by atoms with Crippen LogP contribution >= 0.6 is 0 Å². The van der Waals surface area contributed by atoms with Crippen LogP contribution in [0.5, 0.6) is 0 Å². The Labute approximate surface area is 154 Å². The van der Waals surface area contributed by atoms with Gasteiger partial charge in [0.25, 0.3) is 0 Å². The molecule has 2 nitrogen and oxygen atoms in total. The molecule has 0 heterocycles. The highest BCUT2D eigenvalue weighted by atomic mass is 16.5. The van der Waals surface area contributed by atoms with Gasteiger partial charge in [-0.05, 0) is 43.1 Å². The lowest BCUT2D eigenvalue weighted by molar-refractivity contribution is -0.0430. The summed E-state index contributed by atoms with van der Waals surface area (Å²) >= 11 is 0. The van der Waals surface area contributed by atoms with Crippen molar-refractivity contribution in [2.45, 2.75) is 70.8 Å². The summed E-state index contributed by atoms with van der Waals surface area (Å²) in [4.78, 5) is 0. The molecule has 2 aliphatic rings. The van der Waals surface area contributed by atoms with Crippen molar-refractivity contribution in [1.29, 1.82) is 0 Å². The molecule has 0 amide bonds. The largest absolute Gasteiger partial charge is 0.384 e. The summed E-state index contributed by atoms with van der Waals surface area (Å²) in [6.45, 7) is 3.03. The molecule has 25 heavy (non-hydrogen) atoms. The van der Waals surface area contributed by atoms with E-state index in [0.717, 1.165) is 31.5 Å². The van der Waals surface area contributed by atoms with E-state index in [1.807, 2.05) is 7.11 Å². The van der Waals surface area contributed by atoms with Crippen LogP contribution in [-0.2, 0) is 11.3 Å². The lowest BCUT2D eigenvalue weighted by Gasteiger charge is -2.49. The van der Waals surface area contributed by atoms with Gasteiger partial charge in [-0.2, -0.15) is 0 Å². The molecule has 2 aliphatic carbocycles. The van der Waals surface area contributed by atoms with Gasteiger partial charge >= 0.3 is 0 Å². The third kappa shape index (κ3) is 4.86. The first-order chi connectivity index (χ1) is 12.3. The lowest BCUT2D eigenvalue weighted by atomic mass is 9.59. The first-order valence-electron chi connectivity index (χ1n) is 10.6. The van der Waals surface area contributed by atoms with E-state index in [1.165, 1.54) is 69.8 Å². The Bertz CT molecular complexity index is 456. The predicted octanol–water partition coefficient (Wildman–Crippen LogP) is 5.57. The van der Waals surface area contributed by atoms with Crippen LogP contribution in [-0.4, -0.2) is 20.3 Å². The van der Waals surface area contributed by atoms with Crippen molar-refractivity contribution < 1.29 is 4.74 Å². The number of nitrogens with one attached hydrogen (secondary N) is 1. The molecule has 0 aromatic heterocycles. The van der Waals surface area contributed by atoms with Gasteiger partial charge in [0.1, 0.15) is 0 Å². The zero-order valence-electron chi connectivity index (χ0n) is 16.1. The zero-order valence-corrected chi connectivity index (χ0v) is 16.1. The molecule has 0 atom stereocenters. The van der Waals surface area contributed by atoms with Gasteiger partial charge in [-0.1, -0.05) is 68.9 Å². The SMILES string of the molecule is COCC(CNCc1ccccc1)(C1CCCCC1)C1CCCCC1. The Morgan fingerprint density at radius 3 is 1.96 bits per heavy atom. The summed E-state index contributed by atoms with van der Waals surface area (Å²) in [5.74, 6) is 1.68. The van der Waals surface area contributed by atoms with E-state index in [0.29, 0.717) is 5.41 Å². The molecule has 0 aliphatic heterocycles. The summed E-state index contributed by atoms with van der Waals surface area (Å²) in [5, 5.41) is 3.84. The highest BCUT2D eigenvalue weighted by Crippen LogP contribution is 2.48. The second kappa shape index (κ2) is 9.73. The van der Waals surface area contributed by atoms with Crippen LogP contribution in [0, 0.1) is 17.3 Å². The molecule has 1 aromatic rings. The number of hydrogen-bond donors (Lipinski definition) is 1. The quantitative estimate of drug-likeness (QED) is 0.666. The molecule has 2 saturated carbocycles. The predicted molar refractivity (Wildman–Crippen MR) is 106 cm³/mol. The van der Waals surface area contributed by atoms with E-state index >= 15 is 0 Å². The van der Waals surface area contributed by atoms with Crippen LogP contribution in [0.15, 0.2) is 30.3 Å². The maximum absolute atomic E-state index is 5.88. The molecule has 2 fully saturated rings. The van der Waals surface area contributed by atoms with Crippen molar-refractivity contribution >= 4 is 0 Å². The Kier molecular flexibility index (Phi) is 7.36. The van der Waals surface area contributed by atoms with Gasteiger partial charge < -0.3 is 10.1 Å². The molecule has 0 spiro atoms. The first-order valence-corrected chi connectivity index (χ1v) is 10.6. The molecular weight excluding hydrogens is 306 g/mol. The van der Waals surface area contributed by atoms with Crippen LogP contribution in [0.1, 0.15) is 69.8 Å². The van der Waals surface area contributed by atoms with Crippen LogP contribution in [0.3, 0.4) is 0 Å². The molecule has 0 saturated heterocycles. The van der Waals surface area contributed by atoms with Crippen molar-refractivity contribution in [3.63, 3.8) is 0 Å². The van der Waals surface area contributed by atoms with Crippen molar-refractivity contribution in [2.75, 3.05) is 20.3 Å². The molecule has 140 valence electrons. The minimum Gasteiger partial charge on any atom is -0.384 e. The fraction of sp³-hybridized carbons (Fsp3) is 0.739. The van der Waals surface area contributed by atoms with E-state index in [1.54, 1.807) is 0 Å². The maximum atomic E-state index is 5.88. The molecule has 0 radical (unpaired) electrons. The topological polar surface area (TPSA) is 21.3 Å². The molecule has 0 bridgehead atoms. The standard InChI is InChI=1S/C23H37NO/c1-25-19-23(21-13-7-3-8-14-21,22-15-9-4-10-16-22)18-24-17-20-11-5-2-6-12-20/h2,5-6,11-12,21-22,24H,3-4,7-10,13-19H2,1H3. The molecule has 3 rings (SSSR count). The van der Waals surface area contributed by atoms with Crippen molar-refractivity contribution in [1.82, 2.24) is 5.32 Å². The molecule has 2 heteroatoms. The summed E-state index contributed by atoms with van der Waals surface area (Å²) in [6, 6.07) is 10.8. The third-order valence-electron chi connectivity index (χ3n) is 6.88. The fourth-order valence-electron chi connectivity index (χ4n) is 5.57. The normalized spacial score (nSPS) is 20.7. The highest BCUT2D eigenvalue weighted by Gasteiger charge is 2.45. The summed E-state index contributed by atoms with van der Waals surface area (Å²) in [7, 11) is 1.91. The van der Waals surface area contributed by atoms with Gasteiger partial charge in [0, 0.05) is 25.6 Å². The first kappa shape index (κ1) is 18.9. The van der Waals surface area contributed by atoms with E-state index < -0.39 is 0 Å². The number of ether oxygens (including phenoxy) is 1. The zero-order chi connectivity index (χ0) is 17.4. The van der Waals surface area contributed by atoms with Gasteiger partial charge in [0.2, 0.25) is 0 Å². The lowest BCUT2D eigenvalue weighted by Crippen LogP contribution is -2.50. The van der Waals surface area contributed by atoms with Crippen molar-refractivity contribution in [3.05, 3.63) is 35.9 Å². The minimum atomic E-state index is 0.338. The Morgan fingerprint density at radius 1 is 0.880 bits per heavy atom. The minimum absolute atomic E-state index is 0.338. The molecule has 1 aromatic carbocycles. The van der Waals surface area contributed by atoms with E-state index in [4.69, 9.17) is 4.74 Å². The van der Waals surface area contributed by atoms with Crippen LogP contribution < -0.4 is 5.32 Å². The van der Waals surface area contributed by atoms with Gasteiger partial charge in [-0.25, -0.2) is 0 Å². The second-order valence-electron chi connectivity index (χ2n) is 8.43. The summed E-state index contributed by atoms with van der Waals surface area (Å²) < 4.78 is 5.88. The molecule has 1 N–H and O–H groups in total. The summed E-state index contributed by atoms with van der Waals surface area (Å²) in [5.41, 5.74) is 1.73. The van der Waals surface area contributed by atoms with Crippen molar-refractivity contribution in [3.8, 4) is 0 Å². The monoisotopic (exact) mass is 343 g/mol. The maximum Gasteiger partial charge on any atom is 0.0536 e. The van der Waals surface area contributed by atoms with Crippen LogP contribution in [0.2, 0.25) is 0 Å². The smallest absolute Gasteiger partial charge is 0.0536 e. The van der Waals surface area contributed by atoms with Crippen molar-refractivity contribution in [2.24, 2.45) is 17.3 Å². The van der Waals surface area contributed by atoms with E-state index in [9.17, 15) is 0 Å². The number of benzene rings is 1. The fourth-order valence-corrected chi connectivity index (χ4v) is 5.57. The molecular formula is C23H37NO. The van der Waals surface area contributed by atoms with Crippen LogP contribution in [0.25, 0.3) is 0 Å². The van der Waals surface area contributed by atoms with Gasteiger partial charge in [0.05, 0.1) is 6.61 Å². The van der Waals surface area contributed by atoms with E-state index in [2.05, 4.69) is 35.6 Å². The summed E-state index contributed by atoms with van der Waals surface area (Å²) in [6.07, 6.45) is 14.2. The van der Waals surface area contributed by atoms with E-state index in [-0.39, 0.29) is 0 Å². The van der Waals surface area contributed by atoms with Gasteiger partial charge in [0.15, 0.2) is 0 Å². The third-order valence-corrected chi connectivity index (χ3v) is 6.88. The average Bonchev–Trinajstić information content (AvgIpc) is 2.69. The number of hydrogen-bond acceptors (Lipinski definition) is 2. The van der Waals surface area contributed by atoms with Crippen LogP contribution in [0.4, 0.5) is 0 Å².